The minimum absolute atomic E-state index is 0.110. The largest absolute Gasteiger partial charge is 0.493 e. The molecule has 0 spiro atoms. The molecule has 1 aromatic heterocycles. The van der Waals surface area contributed by atoms with Crippen molar-refractivity contribution in [3.05, 3.63) is 113 Å². The van der Waals surface area contributed by atoms with Gasteiger partial charge in [0.25, 0.3) is 10.5 Å². The van der Waals surface area contributed by atoms with E-state index in [9.17, 15) is 14.5 Å². The van der Waals surface area contributed by atoms with Gasteiger partial charge in [0, 0.05) is 12.1 Å². The van der Waals surface area contributed by atoms with Gasteiger partial charge < -0.3 is 23.7 Å². The van der Waals surface area contributed by atoms with Crippen molar-refractivity contribution in [2.45, 2.75) is 26.5 Å². The average molecular weight is 647 g/mol. The molecule has 0 saturated heterocycles. The molecule has 0 fully saturated rings. The molecule has 0 radical (unpaired) electrons. The van der Waals surface area contributed by atoms with Gasteiger partial charge in [0.1, 0.15) is 6.61 Å². The number of fused-ring (bicyclic) bond motifs is 1. The zero-order valence-electron chi connectivity index (χ0n) is 25.8. The van der Waals surface area contributed by atoms with Crippen molar-refractivity contribution in [2.75, 3.05) is 27.9 Å². The Hall–Kier alpha value is -5.43. The van der Waals surface area contributed by atoms with Gasteiger partial charge in [0.2, 0.25) is 0 Å². The lowest BCUT2D eigenvalue weighted by Crippen LogP contribution is -2.39. The SMILES string of the molecule is CCOC(=O)C1=C(C)N=c2s/c(=C\c3ccc(OCc4ccc([N+](=O)O)cc4)c(OC)c3)c(=O)n2C1c1ccc(OC)c(OC)c1. The minimum Gasteiger partial charge on any atom is -0.493 e. The first-order valence-electron chi connectivity index (χ1n) is 14.2. The van der Waals surface area contributed by atoms with Crippen LogP contribution < -0.4 is 33.8 Å². The van der Waals surface area contributed by atoms with Crippen molar-refractivity contribution in [1.29, 1.82) is 0 Å². The molecule has 1 unspecified atom stereocenters. The van der Waals surface area contributed by atoms with Gasteiger partial charge in [-0.3, -0.25) is 9.36 Å². The second-order valence-electron chi connectivity index (χ2n) is 10.1. The first-order chi connectivity index (χ1) is 22.2. The highest BCUT2D eigenvalue weighted by Crippen LogP contribution is 2.36. The molecule has 0 bridgehead atoms. The third-order valence-electron chi connectivity index (χ3n) is 7.28. The molecule has 4 aromatic rings. The third-order valence-corrected chi connectivity index (χ3v) is 8.26. The quantitative estimate of drug-likeness (QED) is 0.188. The highest BCUT2D eigenvalue weighted by molar-refractivity contribution is 7.07. The summed E-state index contributed by atoms with van der Waals surface area (Å²) in [4.78, 5) is 43.1. The lowest BCUT2D eigenvalue weighted by molar-refractivity contribution is -0.729. The van der Waals surface area contributed by atoms with Crippen LogP contribution in [0.5, 0.6) is 23.0 Å². The summed E-state index contributed by atoms with van der Waals surface area (Å²) in [7, 11) is 4.56. The number of allylic oxidation sites excluding steroid dienone is 1. The second-order valence-corrected chi connectivity index (χ2v) is 11.1. The van der Waals surface area contributed by atoms with Crippen molar-refractivity contribution >= 4 is 29.1 Å². The number of hydrogen-bond acceptors (Lipinski definition) is 10. The van der Waals surface area contributed by atoms with Crippen LogP contribution in [0.1, 0.15) is 36.6 Å². The summed E-state index contributed by atoms with van der Waals surface area (Å²) >= 11 is 1.20. The molecule has 12 nitrogen and oxygen atoms in total. The molecule has 2 heterocycles. The molecule has 1 atom stereocenters. The summed E-state index contributed by atoms with van der Waals surface area (Å²) in [5.41, 5.74) is 2.57. The summed E-state index contributed by atoms with van der Waals surface area (Å²) < 4.78 is 29.7. The molecule has 13 heteroatoms. The molecule has 1 N–H and O–H groups in total. The number of thiazole rings is 1. The van der Waals surface area contributed by atoms with Crippen LogP contribution in [0.15, 0.2) is 81.7 Å². The van der Waals surface area contributed by atoms with Crippen molar-refractivity contribution in [3.8, 4) is 23.0 Å². The van der Waals surface area contributed by atoms with Gasteiger partial charge in [-0.1, -0.05) is 23.5 Å². The molecule has 0 aliphatic carbocycles. The van der Waals surface area contributed by atoms with Crippen LogP contribution in [0.3, 0.4) is 0 Å². The van der Waals surface area contributed by atoms with Crippen LogP contribution in [-0.4, -0.2) is 48.6 Å². The van der Waals surface area contributed by atoms with Gasteiger partial charge in [-0.25, -0.2) is 15.0 Å². The van der Waals surface area contributed by atoms with Gasteiger partial charge >= 0.3 is 11.7 Å². The van der Waals surface area contributed by atoms with Crippen LogP contribution in [-0.2, 0) is 16.1 Å². The minimum atomic E-state index is -0.814. The average Bonchev–Trinajstić information content (AvgIpc) is 3.36. The molecule has 1 aliphatic heterocycles. The summed E-state index contributed by atoms with van der Waals surface area (Å²) in [6.45, 7) is 3.80. The maximum Gasteiger partial charge on any atom is 0.338 e. The van der Waals surface area contributed by atoms with E-state index in [4.69, 9.17) is 28.9 Å². The first kappa shape index (κ1) is 32.0. The fraction of sp³-hybridized carbons (Fsp3) is 0.242. The van der Waals surface area contributed by atoms with E-state index >= 15 is 0 Å². The number of rotatable bonds is 11. The van der Waals surface area contributed by atoms with Crippen molar-refractivity contribution in [2.24, 2.45) is 4.99 Å². The Labute approximate surface area is 267 Å². The number of ether oxygens (including phenoxy) is 5. The van der Waals surface area contributed by atoms with Crippen LogP contribution in [0, 0.1) is 4.91 Å². The number of methoxy groups -OCH3 is 3. The number of carbonyl (C=O) groups excluding carboxylic acids is 1. The van der Waals surface area contributed by atoms with Gasteiger partial charge in [-0.2, -0.15) is 0 Å². The van der Waals surface area contributed by atoms with E-state index in [-0.39, 0.29) is 35.0 Å². The van der Waals surface area contributed by atoms with Crippen LogP contribution >= 0.6 is 11.3 Å². The fourth-order valence-electron chi connectivity index (χ4n) is 5.06. The zero-order valence-corrected chi connectivity index (χ0v) is 26.6. The highest BCUT2D eigenvalue weighted by atomic mass is 32.1. The van der Waals surface area contributed by atoms with E-state index in [0.717, 1.165) is 5.56 Å². The molecule has 0 saturated carbocycles. The van der Waals surface area contributed by atoms with E-state index < -0.39 is 12.0 Å². The maximum atomic E-state index is 14.0. The highest BCUT2D eigenvalue weighted by Gasteiger charge is 2.34. The van der Waals surface area contributed by atoms with Crippen LogP contribution in [0.2, 0.25) is 0 Å². The number of carbonyl (C=O) groups is 1. The lowest BCUT2D eigenvalue weighted by Gasteiger charge is -2.25. The van der Waals surface area contributed by atoms with Gasteiger partial charge in [-0.05, 0) is 73.0 Å². The predicted molar refractivity (Wildman–Crippen MR) is 169 cm³/mol. The van der Waals surface area contributed by atoms with E-state index in [1.54, 1.807) is 68.5 Å². The number of hydrogen-bond donors (Lipinski definition) is 1. The normalized spacial score (nSPS) is 14.3. The Balaban J connectivity index is 1.53. The first-order valence-corrected chi connectivity index (χ1v) is 15.0. The van der Waals surface area contributed by atoms with Crippen LogP contribution in [0.4, 0.5) is 5.69 Å². The Kier molecular flexibility index (Phi) is 9.52. The summed E-state index contributed by atoms with van der Waals surface area (Å²) in [5, 5.41) is 9.03. The van der Waals surface area contributed by atoms with E-state index in [1.165, 1.54) is 49.4 Å². The fourth-order valence-corrected chi connectivity index (χ4v) is 6.10. The Bertz CT molecular complexity index is 2010. The van der Waals surface area contributed by atoms with E-state index in [0.29, 0.717) is 49.2 Å². The molecule has 5 rings (SSSR count). The van der Waals surface area contributed by atoms with E-state index in [2.05, 4.69) is 4.99 Å². The van der Waals surface area contributed by atoms with Crippen molar-refractivity contribution < 1.29 is 38.6 Å². The summed E-state index contributed by atoms with van der Waals surface area (Å²) in [5.74, 6) is 1.32. The van der Waals surface area contributed by atoms with Gasteiger partial charge in [0.05, 0.1) is 54.7 Å². The number of nitrogens with zero attached hydrogens (tertiary/aromatic N) is 3. The van der Waals surface area contributed by atoms with Crippen molar-refractivity contribution in [1.82, 2.24) is 4.57 Å². The molecule has 0 amide bonds. The maximum absolute atomic E-state index is 14.0. The number of benzene rings is 3. The molecule has 3 aromatic carbocycles. The second kappa shape index (κ2) is 13.7. The Morgan fingerprint density at radius 1 is 0.978 bits per heavy atom. The molecular formula is C33H32N3O9S+. The lowest BCUT2D eigenvalue weighted by atomic mass is 9.95. The molecule has 1 aliphatic rings. The van der Waals surface area contributed by atoms with Gasteiger partial charge in [0.15, 0.2) is 27.8 Å². The third kappa shape index (κ3) is 6.35. The Morgan fingerprint density at radius 2 is 1.65 bits per heavy atom. The van der Waals surface area contributed by atoms with E-state index in [1.807, 2.05) is 0 Å². The molecular weight excluding hydrogens is 614 g/mol. The number of esters is 1. The summed E-state index contributed by atoms with van der Waals surface area (Å²) in [6, 6.07) is 16.0. The van der Waals surface area contributed by atoms with Crippen LogP contribution in [0.25, 0.3) is 6.08 Å². The molecule has 238 valence electrons. The zero-order chi connectivity index (χ0) is 33.0. The topological polar surface area (TPSA) is 138 Å². The summed E-state index contributed by atoms with van der Waals surface area (Å²) in [6.07, 6.45) is 1.73. The number of aromatic nitrogens is 1. The standard InChI is InChI=1S/C33H32N3O9S/c1-6-44-32(38)29-19(2)34-33-35(30(29)22-10-14-24(41-3)27(17-22)43-5)31(37)28(46-33)16-21-9-13-25(26(15-21)42-4)45-18-20-7-11-23(12-8-20)36(39)40/h7-17,30H,6,18H2,1-5H3,(H,39,40)/q+1/b28-16-. The Morgan fingerprint density at radius 3 is 2.30 bits per heavy atom. The van der Waals surface area contributed by atoms with Crippen molar-refractivity contribution in [3.63, 3.8) is 0 Å². The monoisotopic (exact) mass is 646 g/mol. The smallest absolute Gasteiger partial charge is 0.338 e. The van der Waals surface area contributed by atoms with Gasteiger partial charge in [-0.15, -0.1) is 0 Å². The molecule has 46 heavy (non-hydrogen) atoms. The predicted octanol–water partition coefficient (Wildman–Crippen LogP) is 4.20.